The third-order valence-corrected chi connectivity index (χ3v) is 5.16. The van der Waals surface area contributed by atoms with E-state index in [4.69, 9.17) is 0 Å². The molecular formula is C14H13BrOSe. The Balaban J connectivity index is 1.96. The van der Waals surface area contributed by atoms with E-state index in [-0.39, 0.29) is 6.10 Å². The first-order valence-corrected chi connectivity index (χ1v) is 8.23. The summed E-state index contributed by atoms with van der Waals surface area (Å²) in [7, 11) is 0. The van der Waals surface area contributed by atoms with Gasteiger partial charge in [0.25, 0.3) is 0 Å². The normalized spacial score (nSPS) is 12.4. The fourth-order valence-corrected chi connectivity index (χ4v) is 3.79. The fourth-order valence-electron chi connectivity index (χ4n) is 1.50. The summed E-state index contributed by atoms with van der Waals surface area (Å²) in [6, 6.07) is 18.2. The van der Waals surface area contributed by atoms with Crippen LogP contribution in [0.15, 0.2) is 59.1 Å². The Bertz CT molecular complexity index is 473. The summed E-state index contributed by atoms with van der Waals surface area (Å²) < 4.78 is 2.34. The molecule has 88 valence electrons. The number of hydrogen-bond donors (Lipinski definition) is 1. The van der Waals surface area contributed by atoms with Gasteiger partial charge in [0.05, 0.1) is 0 Å². The van der Waals surface area contributed by atoms with Crippen LogP contribution >= 0.6 is 15.9 Å². The van der Waals surface area contributed by atoms with Gasteiger partial charge in [-0.1, -0.05) is 0 Å². The molecule has 0 spiro atoms. The first-order valence-electron chi connectivity index (χ1n) is 5.37. The summed E-state index contributed by atoms with van der Waals surface area (Å²) in [5, 5.41) is 10.9. The minimum atomic E-state index is -0.368. The Labute approximate surface area is 116 Å². The van der Waals surface area contributed by atoms with Crippen molar-refractivity contribution >= 4 is 35.3 Å². The molecule has 0 aliphatic heterocycles. The summed E-state index contributed by atoms with van der Waals surface area (Å²) in [6.07, 6.45) is -0.368. The van der Waals surface area contributed by atoms with Crippen LogP contribution in [-0.4, -0.2) is 20.1 Å². The summed E-state index contributed by atoms with van der Waals surface area (Å²) >= 11 is 3.74. The average molecular weight is 356 g/mol. The van der Waals surface area contributed by atoms with E-state index < -0.39 is 0 Å². The van der Waals surface area contributed by atoms with Crippen LogP contribution in [-0.2, 0) is 0 Å². The van der Waals surface area contributed by atoms with Crippen LogP contribution in [0.4, 0.5) is 0 Å². The van der Waals surface area contributed by atoms with Crippen molar-refractivity contribution in [3.8, 4) is 0 Å². The molecule has 1 N–H and O–H groups in total. The molecule has 1 unspecified atom stereocenters. The molecule has 0 amide bonds. The molecule has 0 saturated carbocycles. The van der Waals surface area contributed by atoms with Gasteiger partial charge < -0.3 is 0 Å². The summed E-state index contributed by atoms with van der Waals surface area (Å²) in [5.74, 6) is 0. The van der Waals surface area contributed by atoms with E-state index in [0.717, 1.165) is 15.4 Å². The van der Waals surface area contributed by atoms with Gasteiger partial charge in [0.15, 0.2) is 0 Å². The van der Waals surface area contributed by atoms with E-state index in [1.165, 1.54) is 4.46 Å². The van der Waals surface area contributed by atoms with Gasteiger partial charge in [-0.2, -0.15) is 0 Å². The Morgan fingerprint density at radius 1 is 1.06 bits per heavy atom. The molecule has 0 saturated heterocycles. The van der Waals surface area contributed by atoms with Gasteiger partial charge in [0.1, 0.15) is 0 Å². The third-order valence-electron chi connectivity index (χ3n) is 2.38. The number of aliphatic hydroxyl groups is 1. The van der Waals surface area contributed by atoms with E-state index in [2.05, 4.69) is 28.1 Å². The fraction of sp³-hybridized carbons (Fsp3) is 0.143. The maximum atomic E-state index is 10.1. The minimum absolute atomic E-state index is 0.322. The van der Waals surface area contributed by atoms with Crippen molar-refractivity contribution in [1.82, 2.24) is 0 Å². The molecule has 0 bridgehead atoms. The topological polar surface area (TPSA) is 20.2 Å². The summed E-state index contributed by atoms with van der Waals surface area (Å²) in [6.45, 7) is 0. The van der Waals surface area contributed by atoms with Gasteiger partial charge in [-0.25, -0.2) is 0 Å². The van der Waals surface area contributed by atoms with Crippen LogP contribution in [0.1, 0.15) is 11.7 Å². The zero-order valence-electron chi connectivity index (χ0n) is 9.21. The zero-order chi connectivity index (χ0) is 12.1. The first kappa shape index (κ1) is 12.8. The van der Waals surface area contributed by atoms with Crippen LogP contribution in [0.5, 0.6) is 0 Å². The van der Waals surface area contributed by atoms with Gasteiger partial charge in [0.2, 0.25) is 0 Å². The van der Waals surface area contributed by atoms with Crippen molar-refractivity contribution in [2.24, 2.45) is 0 Å². The van der Waals surface area contributed by atoms with Gasteiger partial charge >= 0.3 is 117 Å². The maximum absolute atomic E-state index is 10.1. The third kappa shape index (κ3) is 3.97. The quantitative estimate of drug-likeness (QED) is 0.836. The summed E-state index contributed by atoms with van der Waals surface area (Å²) in [4.78, 5) is 0. The molecule has 0 fully saturated rings. The number of rotatable bonds is 4. The van der Waals surface area contributed by atoms with Crippen LogP contribution in [0, 0.1) is 0 Å². The molecule has 3 heteroatoms. The van der Waals surface area contributed by atoms with E-state index in [1.807, 2.05) is 42.5 Å². The number of aliphatic hydroxyl groups excluding tert-OH is 1. The second-order valence-corrected chi connectivity index (χ2v) is 6.90. The average Bonchev–Trinajstić information content (AvgIpc) is 2.37. The predicted octanol–water partition coefficient (Wildman–Crippen LogP) is 2.93. The monoisotopic (exact) mass is 356 g/mol. The van der Waals surface area contributed by atoms with E-state index in [1.54, 1.807) is 0 Å². The number of benzene rings is 2. The Kier molecular flexibility index (Phi) is 4.81. The van der Waals surface area contributed by atoms with Crippen molar-refractivity contribution in [2.45, 2.75) is 11.4 Å². The zero-order valence-corrected chi connectivity index (χ0v) is 12.5. The molecule has 1 nitrogen and oxygen atoms in total. The molecule has 1 atom stereocenters. The first-order chi connectivity index (χ1) is 8.25. The standard InChI is InChI=1S/C14H13BrOSe/c15-12-6-4-5-11(9-12)14(16)10-17-13-7-2-1-3-8-13/h1-9,14,16H,10H2. The predicted molar refractivity (Wildman–Crippen MR) is 75.7 cm³/mol. The van der Waals surface area contributed by atoms with Crippen molar-refractivity contribution < 1.29 is 5.11 Å². The second-order valence-electron chi connectivity index (χ2n) is 3.69. The van der Waals surface area contributed by atoms with Gasteiger partial charge in [0, 0.05) is 0 Å². The Hall–Kier alpha value is -0.601. The van der Waals surface area contributed by atoms with Gasteiger partial charge in [-0.05, 0) is 0 Å². The van der Waals surface area contributed by atoms with Crippen LogP contribution in [0.2, 0.25) is 5.32 Å². The SMILES string of the molecule is OC(C[Se]c1ccccc1)c1cccc(Br)c1. The van der Waals surface area contributed by atoms with Crippen molar-refractivity contribution in [3.63, 3.8) is 0 Å². The van der Waals surface area contributed by atoms with Gasteiger partial charge in [-0.3, -0.25) is 0 Å². The molecule has 2 aromatic rings. The number of hydrogen-bond acceptors (Lipinski definition) is 1. The molecule has 2 aromatic carbocycles. The van der Waals surface area contributed by atoms with E-state index >= 15 is 0 Å². The van der Waals surface area contributed by atoms with Crippen molar-refractivity contribution in [2.75, 3.05) is 0 Å². The molecule has 0 aliphatic rings. The number of halogens is 1. The Morgan fingerprint density at radius 2 is 1.82 bits per heavy atom. The van der Waals surface area contributed by atoms with Crippen LogP contribution in [0.25, 0.3) is 0 Å². The molecule has 0 heterocycles. The van der Waals surface area contributed by atoms with E-state index in [0.29, 0.717) is 15.0 Å². The molecule has 0 aliphatic carbocycles. The molecule has 2 rings (SSSR count). The molecule has 17 heavy (non-hydrogen) atoms. The summed E-state index contributed by atoms with van der Waals surface area (Å²) in [5.41, 5.74) is 0.984. The Morgan fingerprint density at radius 3 is 2.53 bits per heavy atom. The van der Waals surface area contributed by atoms with Crippen LogP contribution < -0.4 is 4.46 Å². The second kappa shape index (κ2) is 6.36. The van der Waals surface area contributed by atoms with E-state index in [9.17, 15) is 5.11 Å². The molecular weight excluding hydrogens is 343 g/mol. The molecule has 0 radical (unpaired) electrons. The van der Waals surface area contributed by atoms with Crippen molar-refractivity contribution in [3.05, 3.63) is 64.6 Å². The van der Waals surface area contributed by atoms with Gasteiger partial charge in [-0.15, -0.1) is 0 Å². The van der Waals surface area contributed by atoms with Crippen LogP contribution in [0.3, 0.4) is 0 Å². The molecule has 0 aromatic heterocycles. The van der Waals surface area contributed by atoms with Crippen molar-refractivity contribution in [1.29, 1.82) is 0 Å².